The van der Waals surface area contributed by atoms with Crippen LogP contribution in [0.4, 0.5) is 0 Å². The summed E-state index contributed by atoms with van der Waals surface area (Å²) in [5.41, 5.74) is 1.19. The lowest BCUT2D eigenvalue weighted by atomic mass is 10.2. The minimum absolute atomic E-state index is 0.00786. The van der Waals surface area contributed by atoms with Gasteiger partial charge in [0.25, 0.3) is 0 Å². The number of rotatable bonds is 9. The zero-order chi connectivity index (χ0) is 14.2. The fraction of sp³-hybridized carbons (Fsp3) is 0.588. The molecule has 110 valence electrons. The number of hydrogen-bond donors (Lipinski definition) is 0. The number of ether oxygens (including phenoxy) is 2. The molecule has 0 unspecified atom stereocenters. The van der Waals surface area contributed by atoms with Crippen LogP contribution in [-0.4, -0.2) is 19.2 Å². The largest absolute Gasteiger partial charge is 0.465 e. The molecule has 1 aliphatic rings. The van der Waals surface area contributed by atoms with Gasteiger partial charge in [0, 0.05) is 6.61 Å². The summed E-state index contributed by atoms with van der Waals surface area (Å²) in [4.78, 5) is 11.7. The molecular weight excluding hydrogens is 252 g/mol. The molecule has 0 radical (unpaired) electrons. The first-order valence-electron chi connectivity index (χ1n) is 7.59. The molecule has 1 aliphatic carbocycles. The lowest BCUT2D eigenvalue weighted by Gasteiger charge is -2.05. The highest BCUT2D eigenvalue weighted by Crippen LogP contribution is 2.42. The topological polar surface area (TPSA) is 35.5 Å². The van der Waals surface area contributed by atoms with Gasteiger partial charge in [0.1, 0.15) is 0 Å². The molecule has 3 nitrogen and oxygen atoms in total. The van der Waals surface area contributed by atoms with Crippen LogP contribution in [-0.2, 0) is 20.9 Å². The Morgan fingerprint density at radius 1 is 1.25 bits per heavy atom. The van der Waals surface area contributed by atoms with E-state index in [1.807, 2.05) is 18.2 Å². The van der Waals surface area contributed by atoms with Crippen molar-refractivity contribution in [2.24, 2.45) is 11.8 Å². The zero-order valence-electron chi connectivity index (χ0n) is 12.2. The lowest BCUT2D eigenvalue weighted by Crippen LogP contribution is -2.09. The van der Waals surface area contributed by atoms with Crippen LogP contribution in [0.5, 0.6) is 0 Å². The van der Waals surface area contributed by atoms with Gasteiger partial charge >= 0.3 is 5.97 Å². The van der Waals surface area contributed by atoms with Crippen LogP contribution in [0.15, 0.2) is 30.3 Å². The summed E-state index contributed by atoms with van der Waals surface area (Å²) in [6, 6.07) is 10.2. The second kappa shape index (κ2) is 8.05. The maximum absolute atomic E-state index is 11.7. The number of unbranched alkanes of at least 4 members (excludes halogenated alkanes) is 1. The number of carbonyl (C=O) groups is 1. The molecule has 0 heterocycles. The first kappa shape index (κ1) is 15.0. The van der Waals surface area contributed by atoms with E-state index < -0.39 is 0 Å². The van der Waals surface area contributed by atoms with Crippen LogP contribution in [0.1, 0.15) is 38.2 Å². The van der Waals surface area contributed by atoms with Crippen LogP contribution >= 0.6 is 0 Å². The Labute approximate surface area is 121 Å². The van der Waals surface area contributed by atoms with E-state index in [-0.39, 0.29) is 11.9 Å². The Morgan fingerprint density at radius 3 is 2.80 bits per heavy atom. The van der Waals surface area contributed by atoms with Gasteiger partial charge in [-0.2, -0.15) is 0 Å². The average Bonchev–Trinajstić information content (AvgIpc) is 3.25. The number of carbonyl (C=O) groups excluding carboxylic acids is 1. The van der Waals surface area contributed by atoms with Crippen molar-refractivity contribution >= 4 is 5.97 Å². The molecule has 1 aromatic rings. The van der Waals surface area contributed by atoms with Crippen molar-refractivity contribution in [2.75, 3.05) is 13.2 Å². The summed E-state index contributed by atoms with van der Waals surface area (Å²) in [6.07, 6.45) is 3.96. The molecule has 0 aliphatic heterocycles. The molecule has 0 aromatic heterocycles. The summed E-state index contributed by atoms with van der Waals surface area (Å²) in [6.45, 7) is 4.04. The first-order chi connectivity index (χ1) is 9.81. The molecule has 0 spiro atoms. The molecule has 0 N–H and O–H groups in total. The van der Waals surface area contributed by atoms with Crippen LogP contribution in [0.2, 0.25) is 0 Å². The third kappa shape index (κ3) is 4.97. The van der Waals surface area contributed by atoms with E-state index in [2.05, 4.69) is 19.1 Å². The van der Waals surface area contributed by atoms with Gasteiger partial charge in [0.05, 0.1) is 19.1 Å². The highest BCUT2D eigenvalue weighted by molar-refractivity contribution is 5.75. The Balaban J connectivity index is 1.53. The van der Waals surface area contributed by atoms with Gasteiger partial charge in [-0.1, -0.05) is 43.7 Å². The number of benzene rings is 1. The standard InChI is InChI=1S/C17H24O3/c1-2-3-10-20-17(18)16-12-15(16)9-11-19-13-14-7-5-4-6-8-14/h4-8,15-16H,2-3,9-13H2,1H3/t15-,16-/m1/s1. The van der Waals surface area contributed by atoms with Crippen molar-refractivity contribution in [1.82, 2.24) is 0 Å². The monoisotopic (exact) mass is 276 g/mol. The SMILES string of the molecule is CCCCOC(=O)[C@@H]1C[C@H]1CCOCc1ccccc1. The quantitative estimate of drug-likeness (QED) is 0.511. The first-order valence-corrected chi connectivity index (χ1v) is 7.59. The van der Waals surface area contributed by atoms with Crippen molar-refractivity contribution < 1.29 is 14.3 Å². The highest BCUT2D eigenvalue weighted by Gasteiger charge is 2.43. The van der Waals surface area contributed by atoms with E-state index in [9.17, 15) is 4.79 Å². The second-order valence-corrected chi connectivity index (χ2v) is 5.45. The summed E-state index contributed by atoms with van der Waals surface area (Å²) in [5.74, 6) is 0.596. The van der Waals surface area contributed by atoms with E-state index >= 15 is 0 Å². The number of esters is 1. The van der Waals surface area contributed by atoms with Gasteiger partial charge in [-0.05, 0) is 30.7 Å². The van der Waals surface area contributed by atoms with E-state index in [1.165, 1.54) is 5.56 Å². The maximum atomic E-state index is 11.7. The maximum Gasteiger partial charge on any atom is 0.309 e. The van der Waals surface area contributed by atoms with Gasteiger partial charge in [-0.3, -0.25) is 4.79 Å². The highest BCUT2D eigenvalue weighted by atomic mass is 16.5. The van der Waals surface area contributed by atoms with Gasteiger partial charge in [-0.15, -0.1) is 0 Å². The second-order valence-electron chi connectivity index (χ2n) is 5.45. The van der Waals surface area contributed by atoms with Crippen molar-refractivity contribution in [3.63, 3.8) is 0 Å². The van der Waals surface area contributed by atoms with Crippen LogP contribution in [0.25, 0.3) is 0 Å². The number of hydrogen-bond acceptors (Lipinski definition) is 3. The Hall–Kier alpha value is -1.35. The Morgan fingerprint density at radius 2 is 2.05 bits per heavy atom. The van der Waals surface area contributed by atoms with Gasteiger partial charge in [0.15, 0.2) is 0 Å². The van der Waals surface area contributed by atoms with Gasteiger partial charge in [-0.25, -0.2) is 0 Å². The van der Waals surface area contributed by atoms with Crippen LogP contribution < -0.4 is 0 Å². The molecule has 20 heavy (non-hydrogen) atoms. The van der Waals surface area contributed by atoms with Crippen molar-refractivity contribution in [3.8, 4) is 0 Å². The normalized spacial score (nSPS) is 20.6. The summed E-state index contributed by atoms with van der Waals surface area (Å²) in [5, 5.41) is 0. The van der Waals surface area contributed by atoms with E-state index in [1.54, 1.807) is 0 Å². The molecule has 0 saturated heterocycles. The summed E-state index contributed by atoms with van der Waals surface area (Å²) < 4.78 is 10.9. The van der Waals surface area contributed by atoms with Crippen LogP contribution in [0.3, 0.4) is 0 Å². The minimum atomic E-state index is -0.00786. The minimum Gasteiger partial charge on any atom is -0.465 e. The fourth-order valence-corrected chi connectivity index (χ4v) is 2.28. The zero-order valence-corrected chi connectivity index (χ0v) is 12.2. The van der Waals surface area contributed by atoms with E-state index in [4.69, 9.17) is 9.47 Å². The molecule has 1 aromatic carbocycles. The van der Waals surface area contributed by atoms with E-state index in [0.717, 1.165) is 32.3 Å². The summed E-state index contributed by atoms with van der Waals surface area (Å²) >= 11 is 0. The third-order valence-electron chi connectivity index (χ3n) is 3.71. The van der Waals surface area contributed by atoms with Crippen molar-refractivity contribution in [3.05, 3.63) is 35.9 Å². The lowest BCUT2D eigenvalue weighted by molar-refractivity contribution is -0.145. The average molecular weight is 276 g/mol. The Kier molecular flexibility index (Phi) is 6.06. The van der Waals surface area contributed by atoms with E-state index in [0.29, 0.717) is 19.1 Å². The van der Waals surface area contributed by atoms with Crippen molar-refractivity contribution in [1.29, 1.82) is 0 Å². The predicted molar refractivity (Wildman–Crippen MR) is 78.2 cm³/mol. The molecular formula is C17H24O3. The van der Waals surface area contributed by atoms with Crippen LogP contribution in [0, 0.1) is 11.8 Å². The molecule has 3 heteroatoms. The predicted octanol–water partition coefficient (Wildman–Crippen LogP) is 3.57. The smallest absolute Gasteiger partial charge is 0.309 e. The van der Waals surface area contributed by atoms with Gasteiger partial charge in [0.2, 0.25) is 0 Å². The third-order valence-corrected chi connectivity index (χ3v) is 3.71. The molecule has 2 atom stereocenters. The molecule has 1 saturated carbocycles. The molecule has 2 rings (SSSR count). The Bertz CT molecular complexity index is 402. The van der Waals surface area contributed by atoms with Gasteiger partial charge < -0.3 is 9.47 Å². The fourth-order valence-electron chi connectivity index (χ4n) is 2.28. The van der Waals surface area contributed by atoms with Crippen molar-refractivity contribution in [2.45, 2.75) is 39.2 Å². The molecule has 1 fully saturated rings. The summed E-state index contributed by atoms with van der Waals surface area (Å²) in [7, 11) is 0. The molecule has 0 bridgehead atoms. The molecule has 0 amide bonds.